The first-order chi connectivity index (χ1) is 8.59. The van der Waals surface area contributed by atoms with E-state index in [-0.39, 0.29) is 0 Å². The summed E-state index contributed by atoms with van der Waals surface area (Å²) in [5, 5.41) is 11.2. The van der Waals surface area contributed by atoms with Gasteiger partial charge in [0, 0.05) is 38.2 Å². The Morgan fingerprint density at radius 1 is 1.39 bits per heavy atom. The topological polar surface area (TPSA) is 38.7 Å². The lowest BCUT2D eigenvalue weighted by Crippen LogP contribution is -2.43. The van der Waals surface area contributed by atoms with E-state index in [9.17, 15) is 5.11 Å². The summed E-state index contributed by atoms with van der Waals surface area (Å²) < 4.78 is 10.9. The maximum absolute atomic E-state index is 10.6. The number of halogens is 1. The maximum Gasteiger partial charge on any atom is 0.108 e. The Kier molecular flexibility index (Phi) is 4.28. The zero-order valence-electron chi connectivity index (χ0n) is 10.8. The number of aliphatic hydroxyl groups excluding tert-OH is 1. The van der Waals surface area contributed by atoms with Gasteiger partial charge in [0.2, 0.25) is 0 Å². The van der Waals surface area contributed by atoms with E-state index in [0.29, 0.717) is 31.1 Å². The van der Waals surface area contributed by atoms with Crippen molar-refractivity contribution in [2.75, 3.05) is 20.3 Å². The predicted molar refractivity (Wildman–Crippen MR) is 70.9 cm³/mol. The van der Waals surface area contributed by atoms with E-state index >= 15 is 0 Å². The summed E-state index contributed by atoms with van der Waals surface area (Å²) in [6, 6.07) is 5.64. The van der Waals surface area contributed by atoms with Crippen LogP contribution in [0.4, 0.5) is 0 Å². The molecule has 1 aromatic carbocycles. The molecule has 1 aliphatic heterocycles. The Hall–Kier alpha value is -0.610. The average molecular weight is 271 g/mol. The molecule has 18 heavy (non-hydrogen) atoms. The van der Waals surface area contributed by atoms with E-state index in [1.807, 2.05) is 25.1 Å². The molecule has 1 N–H and O–H groups in total. The largest absolute Gasteiger partial charge is 0.385 e. The van der Waals surface area contributed by atoms with Crippen molar-refractivity contribution in [1.82, 2.24) is 0 Å². The van der Waals surface area contributed by atoms with Crippen LogP contribution in [0.2, 0.25) is 5.02 Å². The second kappa shape index (κ2) is 5.57. The highest BCUT2D eigenvalue weighted by Gasteiger charge is 2.40. The molecule has 100 valence electrons. The van der Waals surface area contributed by atoms with Gasteiger partial charge >= 0.3 is 0 Å². The minimum atomic E-state index is -0.676. The summed E-state index contributed by atoms with van der Waals surface area (Å²) >= 11 is 6.11. The fraction of sp³-hybridized carbons (Fsp3) is 0.571. The van der Waals surface area contributed by atoms with Gasteiger partial charge in [-0.2, -0.15) is 0 Å². The number of hydrogen-bond acceptors (Lipinski definition) is 3. The standard InChI is InChI=1S/C14H19ClO3/c1-10-3-4-11(9-12(10)15)13(16)14(17-2)5-7-18-8-6-14/h3-4,9,13,16H,5-8H2,1-2H3. The van der Waals surface area contributed by atoms with Crippen LogP contribution in [0.15, 0.2) is 18.2 Å². The van der Waals surface area contributed by atoms with Crippen LogP contribution in [0.3, 0.4) is 0 Å². The third kappa shape index (κ3) is 2.54. The SMILES string of the molecule is COC1(C(O)c2ccc(C)c(Cl)c2)CCOCC1. The molecular weight excluding hydrogens is 252 g/mol. The van der Waals surface area contributed by atoms with Crippen LogP contribution in [0.5, 0.6) is 0 Å². The number of hydrogen-bond donors (Lipinski definition) is 1. The number of rotatable bonds is 3. The molecule has 0 radical (unpaired) electrons. The van der Waals surface area contributed by atoms with Crippen molar-refractivity contribution in [1.29, 1.82) is 0 Å². The molecule has 2 rings (SSSR count). The van der Waals surface area contributed by atoms with Gasteiger partial charge < -0.3 is 14.6 Å². The van der Waals surface area contributed by atoms with Gasteiger partial charge in [-0.3, -0.25) is 0 Å². The summed E-state index contributed by atoms with van der Waals surface area (Å²) in [4.78, 5) is 0. The van der Waals surface area contributed by atoms with E-state index in [1.165, 1.54) is 0 Å². The summed E-state index contributed by atoms with van der Waals surface area (Å²) in [5.41, 5.74) is 1.25. The number of aliphatic hydroxyl groups is 1. The fourth-order valence-electron chi connectivity index (χ4n) is 2.39. The third-order valence-electron chi connectivity index (χ3n) is 3.76. The van der Waals surface area contributed by atoms with Gasteiger partial charge in [-0.05, 0) is 24.1 Å². The number of methoxy groups -OCH3 is 1. The second-order valence-electron chi connectivity index (χ2n) is 4.79. The molecule has 3 nitrogen and oxygen atoms in total. The van der Waals surface area contributed by atoms with Crippen molar-refractivity contribution in [3.05, 3.63) is 34.3 Å². The van der Waals surface area contributed by atoms with Gasteiger partial charge in [-0.25, -0.2) is 0 Å². The van der Waals surface area contributed by atoms with Crippen molar-refractivity contribution in [3.63, 3.8) is 0 Å². The summed E-state index contributed by atoms with van der Waals surface area (Å²) in [6.45, 7) is 3.17. The highest BCUT2D eigenvalue weighted by molar-refractivity contribution is 6.31. The zero-order chi connectivity index (χ0) is 13.2. The molecule has 0 amide bonds. The molecule has 1 aromatic rings. The molecule has 0 aliphatic carbocycles. The molecule has 1 atom stereocenters. The van der Waals surface area contributed by atoms with Crippen LogP contribution in [0.25, 0.3) is 0 Å². The Morgan fingerprint density at radius 3 is 2.61 bits per heavy atom. The van der Waals surface area contributed by atoms with Crippen LogP contribution in [0.1, 0.15) is 30.1 Å². The summed E-state index contributed by atoms with van der Waals surface area (Å²) in [6.07, 6.45) is 0.705. The fourth-order valence-corrected chi connectivity index (χ4v) is 2.58. The Morgan fingerprint density at radius 2 is 2.06 bits per heavy atom. The maximum atomic E-state index is 10.6. The van der Waals surface area contributed by atoms with Crippen LogP contribution in [-0.2, 0) is 9.47 Å². The van der Waals surface area contributed by atoms with Crippen LogP contribution >= 0.6 is 11.6 Å². The first-order valence-electron chi connectivity index (χ1n) is 6.16. The molecular formula is C14H19ClO3. The highest BCUT2D eigenvalue weighted by atomic mass is 35.5. The van der Waals surface area contributed by atoms with Crippen LogP contribution in [0, 0.1) is 6.92 Å². The molecule has 4 heteroatoms. The molecule has 1 unspecified atom stereocenters. The molecule has 0 saturated carbocycles. The first-order valence-corrected chi connectivity index (χ1v) is 6.54. The highest BCUT2D eigenvalue weighted by Crippen LogP contribution is 2.38. The van der Waals surface area contributed by atoms with Gasteiger partial charge in [0.1, 0.15) is 11.7 Å². The number of ether oxygens (including phenoxy) is 2. The van der Waals surface area contributed by atoms with E-state index in [2.05, 4.69) is 0 Å². The molecule has 0 aromatic heterocycles. The van der Waals surface area contributed by atoms with Gasteiger partial charge in [-0.1, -0.05) is 23.7 Å². The predicted octanol–water partition coefficient (Wildman–Crippen LogP) is 2.88. The Bertz CT molecular complexity index is 414. The third-order valence-corrected chi connectivity index (χ3v) is 4.16. The molecule has 1 fully saturated rings. The molecule has 1 saturated heterocycles. The lowest BCUT2D eigenvalue weighted by atomic mass is 9.84. The quantitative estimate of drug-likeness (QED) is 0.918. The zero-order valence-corrected chi connectivity index (χ0v) is 11.5. The lowest BCUT2D eigenvalue weighted by molar-refractivity contribution is -0.154. The summed E-state index contributed by atoms with van der Waals surface area (Å²) in [7, 11) is 1.64. The summed E-state index contributed by atoms with van der Waals surface area (Å²) in [5.74, 6) is 0. The van der Waals surface area contributed by atoms with Crippen molar-refractivity contribution in [3.8, 4) is 0 Å². The monoisotopic (exact) mass is 270 g/mol. The van der Waals surface area contributed by atoms with Crippen molar-refractivity contribution in [2.45, 2.75) is 31.5 Å². The van der Waals surface area contributed by atoms with E-state index in [4.69, 9.17) is 21.1 Å². The van der Waals surface area contributed by atoms with Gasteiger partial charge in [0.15, 0.2) is 0 Å². The molecule has 1 heterocycles. The minimum Gasteiger partial charge on any atom is -0.385 e. The minimum absolute atomic E-state index is 0.559. The number of benzene rings is 1. The normalized spacial score (nSPS) is 20.7. The lowest BCUT2D eigenvalue weighted by Gasteiger charge is -2.39. The van der Waals surface area contributed by atoms with Gasteiger partial charge in [-0.15, -0.1) is 0 Å². The number of aryl methyl sites for hydroxylation is 1. The molecule has 1 aliphatic rings. The van der Waals surface area contributed by atoms with Gasteiger partial charge in [0.05, 0.1) is 0 Å². The Balaban J connectivity index is 2.27. The van der Waals surface area contributed by atoms with Crippen molar-refractivity contribution < 1.29 is 14.6 Å². The Labute approximate surface area is 113 Å². The van der Waals surface area contributed by atoms with Crippen LogP contribution in [-0.4, -0.2) is 31.0 Å². The van der Waals surface area contributed by atoms with Crippen molar-refractivity contribution in [2.24, 2.45) is 0 Å². The molecule has 0 spiro atoms. The van der Waals surface area contributed by atoms with Crippen LogP contribution < -0.4 is 0 Å². The first kappa shape index (κ1) is 13.8. The van der Waals surface area contributed by atoms with E-state index in [0.717, 1.165) is 11.1 Å². The van der Waals surface area contributed by atoms with E-state index in [1.54, 1.807) is 7.11 Å². The van der Waals surface area contributed by atoms with E-state index < -0.39 is 11.7 Å². The van der Waals surface area contributed by atoms with Gasteiger partial charge in [0.25, 0.3) is 0 Å². The second-order valence-corrected chi connectivity index (χ2v) is 5.20. The molecule has 0 bridgehead atoms. The van der Waals surface area contributed by atoms with Crippen molar-refractivity contribution >= 4 is 11.6 Å². The average Bonchev–Trinajstić information content (AvgIpc) is 2.42. The smallest absolute Gasteiger partial charge is 0.108 e.